The van der Waals surface area contributed by atoms with Gasteiger partial charge in [-0.1, -0.05) is 44.2 Å². The van der Waals surface area contributed by atoms with E-state index in [2.05, 4.69) is 19.2 Å². The molecule has 1 heterocycles. The number of thiophene rings is 1. The normalized spacial score (nSPS) is 12.0. The summed E-state index contributed by atoms with van der Waals surface area (Å²) in [4.78, 5) is 24.5. The van der Waals surface area contributed by atoms with E-state index in [1.807, 2.05) is 30.3 Å². The van der Waals surface area contributed by atoms with E-state index in [4.69, 9.17) is 5.21 Å². The van der Waals surface area contributed by atoms with Crippen molar-refractivity contribution in [2.75, 3.05) is 0 Å². The molecule has 0 radical (unpaired) electrons. The Morgan fingerprint density at radius 3 is 2.22 bits per heavy atom. The first-order valence-electron chi connectivity index (χ1n) is 7.41. The zero-order valence-corrected chi connectivity index (χ0v) is 13.9. The molecule has 2 amide bonds. The monoisotopic (exact) mass is 332 g/mol. The highest BCUT2D eigenvalue weighted by Gasteiger charge is 2.19. The van der Waals surface area contributed by atoms with Crippen LogP contribution in [0.5, 0.6) is 0 Å². The molecule has 1 atom stereocenters. The van der Waals surface area contributed by atoms with Crippen LogP contribution in [0, 0.1) is 5.92 Å². The first kappa shape index (κ1) is 17.2. The summed E-state index contributed by atoms with van der Waals surface area (Å²) >= 11 is 1.05. The maximum atomic E-state index is 12.4. The zero-order chi connectivity index (χ0) is 16.8. The third kappa shape index (κ3) is 4.64. The van der Waals surface area contributed by atoms with Gasteiger partial charge in [0, 0.05) is 0 Å². The Labute approximate surface area is 139 Å². The topological polar surface area (TPSA) is 78.4 Å². The first-order valence-corrected chi connectivity index (χ1v) is 8.23. The molecule has 0 saturated heterocycles. The summed E-state index contributed by atoms with van der Waals surface area (Å²) in [5, 5.41) is 11.7. The molecule has 5 nitrogen and oxygen atoms in total. The van der Waals surface area contributed by atoms with Crippen LogP contribution >= 0.6 is 11.3 Å². The smallest absolute Gasteiger partial charge is 0.284 e. The second-order valence-electron chi connectivity index (χ2n) is 5.67. The van der Waals surface area contributed by atoms with Crippen LogP contribution < -0.4 is 10.8 Å². The number of benzene rings is 1. The number of amides is 2. The van der Waals surface area contributed by atoms with Crippen LogP contribution in [-0.4, -0.2) is 17.0 Å². The number of hydroxylamine groups is 1. The highest BCUT2D eigenvalue weighted by Crippen LogP contribution is 2.23. The lowest BCUT2D eigenvalue weighted by molar-refractivity contribution is 0.0711. The molecule has 23 heavy (non-hydrogen) atoms. The van der Waals surface area contributed by atoms with Crippen molar-refractivity contribution in [3.05, 3.63) is 57.8 Å². The van der Waals surface area contributed by atoms with Crippen molar-refractivity contribution in [3.8, 4) is 0 Å². The molecule has 0 fully saturated rings. The first-order chi connectivity index (χ1) is 11.0. The summed E-state index contributed by atoms with van der Waals surface area (Å²) < 4.78 is 0. The molecule has 0 saturated carbocycles. The van der Waals surface area contributed by atoms with Crippen molar-refractivity contribution in [1.29, 1.82) is 0 Å². The van der Waals surface area contributed by atoms with Crippen LogP contribution in [-0.2, 0) is 0 Å². The van der Waals surface area contributed by atoms with E-state index in [-0.39, 0.29) is 16.8 Å². The average Bonchev–Trinajstić information content (AvgIpc) is 3.04. The van der Waals surface area contributed by atoms with E-state index in [9.17, 15) is 9.59 Å². The van der Waals surface area contributed by atoms with Gasteiger partial charge < -0.3 is 5.32 Å². The maximum absolute atomic E-state index is 12.4. The van der Waals surface area contributed by atoms with Gasteiger partial charge >= 0.3 is 0 Å². The lowest BCUT2D eigenvalue weighted by Crippen LogP contribution is -2.29. The number of rotatable bonds is 6. The van der Waals surface area contributed by atoms with Crippen LogP contribution in [0.4, 0.5) is 0 Å². The third-order valence-corrected chi connectivity index (χ3v) is 4.45. The number of hydrogen-bond donors (Lipinski definition) is 3. The van der Waals surface area contributed by atoms with E-state index in [1.165, 1.54) is 6.07 Å². The molecule has 1 aromatic heterocycles. The van der Waals surface area contributed by atoms with Crippen molar-refractivity contribution >= 4 is 23.2 Å². The van der Waals surface area contributed by atoms with E-state index in [0.717, 1.165) is 23.3 Å². The standard InChI is InChI=1S/C17H20N2O3S/c1-11(2)10-13(12-6-4-3-5-7-12)18-16(20)14-8-9-15(23-14)17(21)19-22/h3-9,11,13,22H,10H2,1-2H3,(H,18,20)(H,19,21)/t13-/m1/s1. The molecule has 0 unspecified atom stereocenters. The van der Waals surface area contributed by atoms with Crippen molar-refractivity contribution in [3.63, 3.8) is 0 Å². The van der Waals surface area contributed by atoms with Crippen LogP contribution in [0.15, 0.2) is 42.5 Å². The summed E-state index contributed by atoms with van der Waals surface area (Å²) in [6.07, 6.45) is 0.825. The van der Waals surface area contributed by atoms with E-state index in [0.29, 0.717) is 10.8 Å². The maximum Gasteiger partial charge on any atom is 0.284 e. The minimum absolute atomic E-state index is 0.0825. The van der Waals surface area contributed by atoms with Gasteiger partial charge in [0.1, 0.15) is 0 Å². The Hall–Kier alpha value is -2.18. The minimum atomic E-state index is -0.615. The highest BCUT2D eigenvalue weighted by molar-refractivity contribution is 7.15. The second kappa shape index (κ2) is 7.89. The van der Waals surface area contributed by atoms with Crippen LogP contribution in [0.3, 0.4) is 0 Å². The van der Waals surface area contributed by atoms with Gasteiger partial charge in [0.05, 0.1) is 15.8 Å². The van der Waals surface area contributed by atoms with Crippen LogP contribution in [0.25, 0.3) is 0 Å². The molecule has 1 aromatic carbocycles. The van der Waals surface area contributed by atoms with Crippen LogP contribution in [0.1, 0.15) is 51.2 Å². The molecule has 2 aromatic rings. The molecule has 0 aliphatic heterocycles. The number of hydrogen-bond acceptors (Lipinski definition) is 4. The fraction of sp³-hybridized carbons (Fsp3) is 0.294. The van der Waals surface area contributed by atoms with Crippen molar-refractivity contribution in [2.24, 2.45) is 5.92 Å². The molecule has 2 rings (SSSR count). The van der Waals surface area contributed by atoms with Gasteiger partial charge in [0.2, 0.25) is 0 Å². The predicted octanol–water partition coefficient (Wildman–Crippen LogP) is 3.38. The van der Waals surface area contributed by atoms with E-state index >= 15 is 0 Å². The fourth-order valence-corrected chi connectivity index (χ4v) is 3.10. The Balaban J connectivity index is 2.14. The number of carbonyl (C=O) groups is 2. The summed E-state index contributed by atoms with van der Waals surface area (Å²) in [5.41, 5.74) is 2.62. The lowest BCUT2D eigenvalue weighted by atomic mass is 9.97. The highest BCUT2D eigenvalue weighted by atomic mass is 32.1. The van der Waals surface area contributed by atoms with Gasteiger partial charge in [-0.15, -0.1) is 11.3 Å². The molecule has 0 spiro atoms. The predicted molar refractivity (Wildman–Crippen MR) is 89.7 cm³/mol. The fourth-order valence-electron chi connectivity index (χ4n) is 2.30. The Morgan fingerprint density at radius 1 is 1.04 bits per heavy atom. The molecular formula is C17H20N2O3S. The Kier molecular flexibility index (Phi) is 5.90. The lowest BCUT2D eigenvalue weighted by Gasteiger charge is -2.20. The van der Waals surface area contributed by atoms with Crippen molar-refractivity contribution < 1.29 is 14.8 Å². The number of nitrogens with one attached hydrogen (secondary N) is 2. The molecule has 6 heteroatoms. The van der Waals surface area contributed by atoms with E-state index in [1.54, 1.807) is 11.5 Å². The van der Waals surface area contributed by atoms with E-state index < -0.39 is 5.91 Å². The van der Waals surface area contributed by atoms with Crippen LogP contribution in [0.2, 0.25) is 0 Å². The largest absolute Gasteiger partial charge is 0.345 e. The van der Waals surface area contributed by atoms with Crippen molar-refractivity contribution in [2.45, 2.75) is 26.3 Å². The summed E-state index contributed by atoms with van der Waals surface area (Å²) in [7, 11) is 0. The summed E-state index contributed by atoms with van der Waals surface area (Å²) in [5.74, 6) is -0.406. The summed E-state index contributed by atoms with van der Waals surface area (Å²) in [6.45, 7) is 4.22. The van der Waals surface area contributed by atoms with Gasteiger partial charge in [0.15, 0.2) is 0 Å². The minimum Gasteiger partial charge on any atom is -0.345 e. The SMILES string of the molecule is CC(C)C[C@@H](NC(=O)c1ccc(C(=O)NO)s1)c1ccccc1. The van der Waals surface area contributed by atoms with Crippen molar-refractivity contribution in [1.82, 2.24) is 10.8 Å². The molecule has 3 N–H and O–H groups in total. The molecule has 0 aliphatic carbocycles. The van der Waals surface area contributed by atoms with Gasteiger partial charge in [0.25, 0.3) is 11.8 Å². The third-order valence-electron chi connectivity index (χ3n) is 3.37. The molecule has 0 bridgehead atoms. The van der Waals surface area contributed by atoms with Gasteiger partial charge in [-0.25, -0.2) is 5.48 Å². The molecule has 122 valence electrons. The number of carbonyl (C=O) groups excluding carboxylic acids is 2. The average molecular weight is 332 g/mol. The Bertz CT molecular complexity index is 667. The quantitative estimate of drug-likeness (QED) is 0.560. The van der Waals surface area contributed by atoms with Gasteiger partial charge in [-0.3, -0.25) is 14.8 Å². The van der Waals surface area contributed by atoms with Gasteiger partial charge in [-0.2, -0.15) is 0 Å². The summed E-state index contributed by atoms with van der Waals surface area (Å²) in [6, 6.07) is 12.8. The Morgan fingerprint density at radius 2 is 1.65 bits per heavy atom. The molecule has 0 aliphatic rings. The molecular weight excluding hydrogens is 312 g/mol. The second-order valence-corrected chi connectivity index (χ2v) is 6.75. The zero-order valence-electron chi connectivity index (χ0n) is 13.1. The van der Waals surface area contributed by atoms with Gasteiger partial charge in [-0.05, 0) is 30.0 Å².